The molecule has 0 aliphatic carbocycles. The Hall–Kier alpha value is -2.43. The smallest absolute Gasteiger partial charge is 0.292 e. The van der Waals surface area contributed by atoms with Crippen molar-refractivity contribution in [2.45, 2.75) is 12.5 Å². The number of amides is 1. The lowest BCUT2D eigenvalue weighted by Crippen LogP contribution is -2.51. The summed E-state index contributed by atoms with van der Waals surface area (Å²) in [6.07, 6.45) is 2.07. The summed E-state index contributed by atoms with van der Waals surface area (Å²) in [5, 5.41) is 7.20. The molecule has 3 heterocycles. The Balaban J connectivity index is 1.34. The van der Waals surface area contributed by atoms with Crippen LogP contribution in [0.1, 0.15) is 6.42 Å². The minimum absolute atomic E-state index is 0.0204. The van der Waals surface area contributed by atoms with Crippen LogP contribution < -0.4 is 15.8 Å². The third kappa shape index (κ3) is 5.08. The normalized spacial score (nSPS) is 21.2. The van der Waals surface area contributed by atoms with Gasteiger partial charge in [-0.2, -0.15) is 9.78 Å². The first-order valence-corrected chi connectivity index (χ1v) is 12.3. The van der Waals surface area contributed by atoms with Crippen LogP contribution in [0.3, 0.4) is 0 Å². The van der Waals surface area contributed by atoms with E-state index in [9.17, 15) is 18.0 Å². The molecule has 1 aromatic heterocycles. The number of piperazine rings is 1. The van der Waals surface area contributed by atoms with Crippen molar-refractivity contribution in [1.29, 1.82) is 0 Å². The van der Waals surface area contributed by atoms with Gasteiger partial charge in [-0.05, 0) is 18.6 Å². The second-order valence-electron chi connectivity index (χ2n) is 7.83. The van der Waals surface area contributed by atoms with Crippen molar-refractivity contribution in [2.75, 3.05) is 49.1 Å². The van der Waals surface area contributed by atoms with Gasteiger partial charge in [0.15, 0.2) is 9.84 Å². The Morgan fingerprint density at radius 2 is 1.87 bits per heavy atom. The molecule has 1 N–H and O–H groups in total. The maximum Gasteiger partial charge on any atom is 0.292 e. The first-order valence-electron chi connectivity index (χ1n) is 10.1. The van der Waals surface area contributed by atoms with Crippen LogP contribution in [0.5, 0.6) is 0 Å². The molecule has 31 heavy (non-hydrogen) atoms. The van der Waals surface area contributed by atoms with Gasteiger partial charge in [0, 0.05) is 32.2 Å². The quantitative estimate of drug-likeness (QED) is 0.677. The van der Waals surface area contributed by atoms with Crippen LogP contribution in [0.25, 0.3) is 5.69 Å². The first kappa shape index (κ1) is 21.8. The van der Waals surface area contributed by atoms with E-state index in [1.54, 1.807) is 18.3 Å². The molecule has 2 aliphatic heterocycles. The second kappa shape index (κ2) is 8.97. The highest BCUT2D eigenvalue weighted by atomic mass is 35.5. The molecule has 2 saturated heterocycles. The van der Waals surface area contributed by atoms with Gasteiger partial charge in [-0.3, -0.25) is 14.5 Å². The summed E-state index contributed by atoms with van der Waals surface area (Å²) in [7, 11) is -3.02. The molecule has 2 aliphatic rings. The van der Waals surface area contributed by atoms with Crippen molar-refractivity contribution in [2.24, 2.45) is 0 Å². The molecular formula is C20H24ClN5O4S. The van der Waals surface area contributed by atoms with Crippen LogP contribution >= 0.6 is 11.6 Å². The largest absolute Gasteiger partial charge is 0.366 e. The zero-order valence-corrected chi connectivity index (χ0v) is 18.5. The summed E-state index contributed by atoms with van der Waals surface area (Å²) >= 11 is 6.38. The molecule has 4 rings (SSSR count). The Morgan fingerprint density at radius 1 is 1.16 bits per heavy atom. The van der Waals surface area contributed by atoms with Crippen molar-refractivity contribution in [3.05, 3.63) is 51.9 Å². The van der Waals surface area contributed by atoms with Crippen LogP contribution in [0, 0.1) is 0 Å². The summed E-state index contributed by atoms with van der Waals surface area (Å²) in [4.78, 5) is 28.9. The number of halogens is 1. The number of rotatable bonds is 5. The molecule has 1 amide bonds. The van der Waals surface area contributed by atoms with Crippen LogP contribution in [-0.4, -0.2) is 79.3 Å². The Kier molecular flexibility index (Phi) is 6.31. The fourth-order valence-electron chi connectivity index (χ4n) is 3.93. The van der Waals surface area contributed by atoms with Gasteiger partial charge in [0.25, 0.3) is 5.56 Å². The molecule has 0 saturated carbocycles. The predicted octanol–water partition coefficient (Wildman–Crippen LogP) is 0.311. The highest BCUT2D eigenvalue weighted by Gasteiger charge is 2.29. The van der Waals surface area contributed by atoms with Crippen LogP contribution in [0.15, 0.2) is 41.3 Å². The second-order valence-corrected chi connectivity index (χ2v) is 10.4. The molecule has 11 heteroatoms. The average molecular weight is 466 g/mol. The zero-order valence-electron chi connectivity index (χ0n) is 16.9. The minimum atomic E-state index is -3.02. The molecule has 0 radical (unpaired) electrons. The highest BCUT2D eigenvalue weighted by molar-refractivity contribution is 7.91. The number of hydrogen-bond donors (Lipinski definition) is 1. The third-order valence-electron chi connectivity index (χ3n) is 5.58. The Labute approximate surface area is 185 Å². The van der Waals surface area contributed by atoms with Crippen molar-refractivity contribution in [3.8, 4) is 5.69 Å². The molecule has 0 bridgehead atoms. The number of nitrogens with one attached hydrogen (secondary N) is 1. The van der Waals surface area contributed by atoms with E-state index in [1.807, 2.05) is 28.0 Å². The van der Waals surface area contributed by atoms with E-state index in [0.29, 0.717) is 44.0 Å². The highest BCUT2D eigenvalue weighted by Crippen LogP contribution is 2.23. The summed E-state index contributed by atoms with van der Waals surface area (Å²) in [5.41, 5.74) is 0.852. The van der Waals surface area contributed by atoms with E-state index in [4.69, 9.17) is 11.6 Å². The lowest BCUT2D eigenvalue weighted by Gasteiger charge is -2.35. The van der Waals surface area contributed by atoms with E-state index in [-0.39, 0.29) is 40.6 Å². The standard InChI is InChI=1S/C20H24ClN5O4S/c21-19-17(12-22-26(20(19)28)16-4-2-1-3-5-16)25-9-7-24(8-10-25)13-18(27)23-15-6-11-31(29,30)14-15/h1-5,12,15H,6-11,13-14H2,(H,23,27)/t15-/m0/s1. The molecular weight excluding hydrogens is 442 g/mol. The molecule has 0 spiro atoms. The van der Waals surface area contributed by atoms with Gasteiger partial charge in [0.05, 0.1) is 35.6 Å². The maximum atomic E-state index is 12.7. The summed E-state index contributed by atoms with van der Waals surface area (Å²) < 4.78 is 24.3. The van der Waals surface area contributed by atoms with Crippen LogP contribution in [0.2, 0.25) is 5.02 Å². The van der Waals surface area contributed by atoms with E-state index in [0.717, 1.165) is 0 Å². The van der Waals surface area contributed by atoms with Gasteiger partial charge in [-0.1, -0.05) is 29.8 Å². The zero-order chi connectivity index (χ0) is 22.0. The molecule has 2 aromatic rings. The molecule has 166 valence electrons. The van der Waals surface area contributed by atoms with Gasteiger partial charge in [0.2, 0.25) is 5.91 Å². The fourth-order valence-corrected chi connectivity index (χ4v) is 5.85. The van der Waals surface area contributed by atoms with E-state index < -0.39 is 9.84 Å². The Morgan fingerprint density at radius 3 is 2.52 bits per heavy atom. The summed E-state index contributed by atoms with van der Waals surface area (Å²) in [6.45, 7) is 2.65. The number of nitrogens with zero attached hydrogens (tertiary/aromatic N) is 4. The van der Waals surface area contributed by atoms with Gasteiger partial charge >= 0.3 is 0 Å². The fraction of sp³-hybridized carbons (Fsp3) is 0.450. The number of carbonyl (C=O) groups excluding carboxylic acids is 1. The van der Waals surface area contributed by atoms with Crippen molar-refractivity contribution < 1.29 is 13.2 Å². The summed E-state index contributed by atoms with van der Waals surface area (Å²) in [5.74, 6) is -0.0122. The van der Waals surface area contributed by atoms with Gasteiger partial charge in [-0.15, -0.1) is 0 Å². The van der Waals surface area contributed by atoms with Gasteiger partial charge in [-0.25, -0.2) is 8.42 Å². The number of benzene rings is 1. The Bertz CT molecular complexity index is 1110. The number of aromatic nitrogens is 2. The monoisotopic (exact) mass is 465 g/mol. The van der Waals surface area contributed by atoms with Gasteiger partial charge < -0.3 is 10.2 Å². The SMILES string of the molecule is O=C(CN1CCN(c2cnn(-c3ccccc3)c(=O)c2Cl)CC1)N[C@H]1CCS(=O)(=O)C1. The van der Waals surface area contributed by atoms with E-state index in [1.165, 1.54) is 4.68 Å². The molecule has 1 atom stereocenters. The van der Waals surface area contributed by atoms with Crippen LogP contribution in [0.4, 0.5) is 5.69 Å². The molecule has 2 fully saturated rings. The minimum Gasteiger partial charge on any atom is -0.366 e. The molecule has 0 unspecified atom stereocenters. The maximum absolute atomic E-state index is 12.7. The van der Waals surface area contributed by atoms with Gasteiger partial charge in [0.1, 0.15) is 5.02 Å². The lowest BCUT2D eigenvalue weighted by atomic mass is 10.2. The summed E-state index contributed by atoms with van der Waals surface area (Å²) in [6, 6.07) is 8.79. The molecule has 1 aromatic carbocycles. The van der Waals surface area contributed by atoms with E-state index in [2.05, 4.69) is 10.4 Å². The van der Waals surface area contributed by atoms with Crippen LogP contribution in [-0.2, 0) is 14.6 Å². The number of carbonyl (C=O) groups is 1. The molecule has 9 nitrogen and oxygen atoms in total. The number of sulfone groups is 1. The number of hydrogen-bond acceptors (Lipinski definition) is 7. The van der Waals surface area contributed by atoms with E-state index >= 15 is 0 Å². The van der Waals surface area contributed by atoms with Crippen molar-refractivity contribution in [3.63, 3.8) is 0 Å². The van der Waals surface area contributed by atoms with Crippen molar-refractivity contribution in [1.82, 2.24) is 20.0 Å². The number of anilines is 1. The number of para-hydroxylation sites is 1. The topological polar surface area (TPSA) is 105 Å². The third-order valence-corrected chi connectivity index (χ3v) is 7.70. The lowest BCUT2D eigenvalue weighted by molar-refractivity contribution is -0.122. The average Bonchev–Trinajstić information content (AvgIpc) is 3.09. The van der Waals surface area contributed by atoms with Crippen molar-refractivity contribution >= 4 is 33.0 Å². The predicted molar refractivity (Wildman–Crippen MR) is 119 cm³/mol. The first-order chi connectivity index (χ1) is 14.8.